The van der Waals surface area contributed by atoms with Crippen molar-refractivity contribution in [1.82, 2.24) is 0 Å². The number of carboxylic acid groups (broad SMARTS) is 1. The molecular weight excluding hydrogens is 271 g/mol. The van der Waals surface area contributed by atoms with Crippen molar-refractivity contribution in [2.45, 2.75) is 0 Å². The van der Waals surface area contributed by atoms with E-state index >= 15 is 0 Å². The first kappa shape index (κ1) is 11.2. The zero-order valence-corrected chi connectivity index (χ0v) is 9.30. The van der Waals surface area contributed by atoms with E-state index in [4.69, 9.17) is 16.7 Å². The fraction of sp³-hybridized carbons (Fsp3) is 0.111. The normalized spacial score (nSPS) is 9.86. The third kappa shape index (κ3) is 2.33. The van der Waals surface area contributed by atoms with Crippen LogP contribution in [0.25, 0.3) is 0 Å². The molecule has 1 rings (SSSR count). The summed E-state index contributed by atoms with van der Waals surface area (Å²) in [6, 6.07) is 4.12. The highest BCUT2D eigenvalue weighted by Gasteiger charge is 2.11. The molecule has 0 aliphatic carbocycles. The molecule has 74 valence electrons. The van der Waals surface area contributed by atoms with Gasteiger partial charge in [0.25, 0.3) is 0 Å². The number of benzene rings is 1. The molecule has 0 aliphatic rings. The molecule has 0 heterocycles. The number of carbonyl (C=O) groups excluding carboxylic acids is 1. The van der Waals surface area contributed by atoms with E-state index in [1.54, 1.807) is 0 Å². The van der Waals surface area contributed by atoms with E-state index in [0.717, 1.165) is 0 Å². The maximum absolute atomic E-state index is 11.2. The average molecular weight is 278 g/mol. The van der Waals surface area contributed by atoms with Crippen molar-refractivity contribution in [2.75, 3.05) is 5.33 Å². The number of carbonyl (C=O) groups is 2. The highest BCUT2D eigenvalue weighted by atomic mass is 79.9. The van der Waals surface area contributed by atoms with Crippen LogP contribution in [0.1, 0.15) is 20.7 Å². The predicted octanol–water partition coefficient (Wildman–Crippen LogP) is 2.62. The number of alkyl halides is 1. The van der Waals surface area contributed by atoms with E-state index in [2.05, 4.69) is 15.9 Å². The number of hydrogen-bond donors (Lipinski definition) is 1. The molecule has 3 nitrogen and oxygen atoms in total. The molecule has 0 aliphatic heterocycles. The van der Waals surface area contributed by atoms with Crippen LogP contribution in [0.2, 0.25) is 5.02 Å². The van der Waals surface area contributed by atoms with Gasteiger partial charge in [0.15, 0.2) is 5.78 Å². The minimum atomic E-state index is -1.10. The molecular formula is C9H6BrClO3. The molecule has 0 bridgehead atoms. The lowest BCUT2D eigenvalue weighted by Crippen LogP contribution is -2.03. The van der Waals surface area contributed by atoms with Gasteiger partial charge in [0.2, 0.25) is 0 Å². The summed E-state index contributed by atoms with van der Waals surface area (Å²) >= 11 is 8.69. The second-order valence-electron chi connectivity index (χ2n) is 2.56. The number of carboxylic acids is 1. The standard InChI is InChI=1S/C9H6BrClO3/c10-4-8(12)5-1-2-6(9(13)14)7(11)3-5/h1-3H,4H2,(H,13,14). The smallest absolute Gasteiger partial charge is 0.337 e. The molecule has 1 N–H and O–H groups in total. The van der Waals surface area contributed by atoms with Gasteiger partial charge >= 0.3 is 5.97 Å². The zero-order chi connectivity index (χ0) is 10.7. The second-order valence-corrected chi connectivity index (χ2v) is 3.52. The Kier molecular flexibility index (Phi) is 3.66. The number of ketones is 1. The van der Waals surface area contributed by atoms with Gasteiger partial charge in [-0.1, -0.05) is 33.6 Å². The first-order valence-corrected chi connectivity index (χ1v) is 5.18. The summed E-state index contributed by atoms with van der Waals surface area (Å²) in [4.78, 5) is 21.8. The van der Waals surface area contributed by atoms with Crippen molar-refractivity contribution >= 4 is 39.3 Å². The van der Waals surface area contributed by atoms with Crippen LogP contribution in [0.4, 0.5) is 0 Å². The zero-order valence-electron chi connectivity index (χ0n) is 6.96. The predicted molar refractivity (Wildman–Crippen MR) is 56.5 cm³/mol. The summed E-state index contributed by atoms with van der Waals surface area (Å²) in [5.41, 5.74) is 0.398. The first-order chi connectivity index (χ1) is 6.56. The van der Waals surface area contributed by atoms with Gasteiger partial charge in [0.05, 0.1) is 15.9 Å². The van der Waals surface area contributed by atoms with Gasteiger partial charge < -0.3 is 5.11 Å². The van der Waals surface area contributed by atoms with E-state index in [0.29, 0.717) is 5.56 Å². The number of halogens is 2. The molecule has 1 aromatic carbocycles. The third-order valence-electron chi connectivity index (χ3n) is 1.64. The average Bonchev–Trinajstić information content (AvgIpc) is 2.15. The highest BCUT2D eigenvalue weighted by Crippen LogP contribution is 2.18. The van der Waals surface area contributed by atoms with Crippen LogP contribution >= 0.6 is 27.5 Å². The van der Waals surface area contributed by atoms with Crippen molar-refractivity contribution in [1.29, 1.82) is 0 Å². The van der Waals surface area contributed by atoms with Crippen LogP contribution in [0.15, 0.2) is 18.2 Å². The van der Waals surface area contributed by atoms with Gasteiger partial charge in [-0.05, 0) is 12.1 Å². The Bertz CT molecular complexity index is 390. The lowest BCUT2D eigenvalue weighted by molar-refractivity contribution is 0.0696. The Morgan fingerprint density at radius 1 is 1.43 bits per heavy atom. The fourth-order valence-corrected chi connectivity index (χ4v) is 1.52. The minimum absolute atomic E-state index is 0.00205. The molecule has 0 atom stereocenters. The van der Waals surface area contributed by atoms with Gasteiger partial charge in [-0.2, -0.15) is 0 Å². The number of rotatable bonds is 3. The maximum Gasteiger partial charge on any atom is 0.337 e. The largest absolute Gasteiger partial charge is 0.478 e. The van der Waals surface area contributed by atoms with E-state index in [-0.39, 0.29) is 21.7 Å². The van der Waals surface area contributed by atoms with Crippen LogP contribution in [0, 0.1) is 0 Å². The molecule has 5 heteroatoms. The molecule has 0 spiro atoms. The maximum atomic E-state index is 11.2. The highest BCUT2D eigenvalue weighted by molar-refractivity contribution is 9.09. The summed E-state index contributed by atoms with van der Waals surface area (Å²) in [7, 11) is 0. The monoisotopic (exact) mass is 276 g/mol. The lowest BCUT2D eigenvalue weighted by Gasteiger charge is -2.01. The Labute approximate surface area is 93.8 Å². The topological polar surface area (TPSA) is 54.4 Å². The van der Waals surface area contributed by atoms with Crippen LogP contribution < -0.4 is 0 Å². The lowest BCUT2D eigenvalue weighted by atomic mass is 10.1. The SMILES string of the molecule is O=C(CBr)c1ccc(C(=O)O)c(Cl)c1. The fourth-order valence-electron chi connectivity index (χ4n) is 0.939. The van der Waals surface area contributed by atoms with Crippen molar-refractivity contribution in [2.24, 2.45) is 0 Å². The summed E-state index contributed by atoms with van der Waals surface area (Å²) in [6.45, 7) is 0. The Balaban J connectivity index is 3.12. The van der Waals surface area contributed by atoms with Crippen LogP contribution in [0.5, 0.6) is 0 Å². The first-order valence-electron chi connectivity index (χ1n) is 3.68. The van der Waals surface area contributed by atoms with Gasteiger partial charge in [-0.3, -0.25) is 4.79 Å². The number of aromatic carboxylic acids is 1. The van der Waals surface area contributed by atoms with Crippen LogP contribution in [-0.4, -0.2) is 22.2 Å². The molecule has 0 radical (unpaired) electrons. The molecule has 0 unspecified atom stereocenters. The number of hydrogen-bond acceptors (Lipinski definition) is 2. The minimum Gasteiger partial charge on any atom is -0.478 e. The number of Topliss-reactive ketones (excluding diaryl/α,β-unsaturated/α-hetero) is 1. The molecule has 0 fully saturated rings. The van der Waals surface area contributed by atoms with Gasteiger partial charge in [-0.25, -0.2) is 4.79 Å². The van der Waals surface area contributed by atoms with Crippen LogP contribution in [-0.2, 0) is 0 Å². The second kappa shape index (κ2) is 4.57. The van der Waals surface area contributed by atoms with E-state index < -0.39 is 5.97 Å². The van der Waals surface area contributed by atoms with E-state index in [1.807, 2.05) is 0 Å². The third-order valence-corrected chi connectivity index (χ3v) is 2.46. The molecule has 0 saturated heterocycles. The molecule has 0 aromatic heterocycles. The summed E-state index contributed by atoms with van der Waals surface area (Å²) in [6.07, 6.45) is 0. The Morgan fingerprint density at radius 3 is 2.50 bits per heavy atom. The molecule has 1 aromatic rings. The van der Waals surface area contributed by atoms with Gasteiger partial charge in [0.1, 0.15) is 0 Å². The quantitative estimate of drug-likeness (QED) is 0.682. The van der Waals surface area contributed by atoms with Crippen molar-refractivity contribution in [3.8, 4) is 0 Å². The van der Waals surface area contributed by atoms with Crippen molar-refractivity contribution < 1.29 is 14.7 Å². The van der Waals surface area contributed by atoms with Gasteiger partial charge in [-0.15, -0.1) is 0 Å². The van der Waals surface area contributed by atoms with Gasteiger partial charge in [0, 0.05) is 5.56 Å². The van der Waals surface area contributed by atoms with Crippen molar-refractivity contribution in [3.05, 3.63) is 34.3 Å². The molecule has 14 heavy (non-hydrogen) atoms. The molecule has 0 saturated carbocycles. The summed E-state index contributed by atoms with van der Waals surface area (Å²) in [5, 5.41) is 8.94. The summed E-state index contributed by atoms with van der Waals surface area (Å²) in [5.74, 6) is -1.24. The Morgan fingerprint density at radius 2 is 2.07 bits per heavy atom. The van der Waals surface area contributed by atoms with E-state index in [9.17, 15) is 9.59 Å². The van der Waals surface area contributed by atoms with Crippen molar-refractivity contribution in [3.63, 3.8) is 0 Å². The van der Waals surface area contributed by atoms with E-state index in [1.165, 1.54) is 18.2 Å². The summed E-state index contributed by atoms with van der Waals surface area (Å²) < 4.78 is 0. The molecule has 0 amide bonds. The van der Waals surface area contributed by atoms with Crippen LogP contribution in [0.3, 0.4) is 0 Å². The Hall–Kier alpha value is -0.870.